The summed E-state index contributed by atoms with van der Waals surface area (Å²) >= 11 is 6.83. The van der Waals surface area contributed by atoms with E-state index in [4.69, 9.17) is 11.6 Å². The highest BCUT2D eigenvalue weighted by molar-refractivity contribution is 7.22. The normalized spacial score (nSPS) is 10.9. The summed E-state index contributed by atoms with van der Waals surface area (Å²) in [7, 11) is 0. The molecule has 0 fully saturated rings. The van der Waals surface area contributed by atoms with Crippen molar-refractivity contribution in [3.05, 3.63) is 58.4 Å². The highest BCUT2D eigenvalue weighted by Gasteiger charge is 2.17. The van der Waals surface area contributed by atoms with Gasteiger partial charge in [0.2, 0.25) is 0 Å². The Bertz CT molecular complexity index is 897. The average molecular weight is 343 g/mol. The number of benzene rings is 2. The molecule has 3 aromatic rings. The maximum Gasteiger partial charge on any atom is 0.260 e. The molecule has 3 nitrogen and oxygen atoms in total. The molecule has 0 atom stereocenters. The summed E-state index contributed by atoms with van der Waals surface area (Å²) in [5.74, 6) is -3.75. The van der Waals surface area contributed by atoms with E-state index in [9.17, 15) is 18.0 Å². The Morgan fingerprint density at radius 2 is 2.00 bits per heavy atom. The van der Waals surface area contributed by atoms with Crippen LogP contribution in [0.4, 0.5) is 18.3 Å². The van der Waals surface area contributed by atoms with Gasteiger partial charge in [0.25, 0.3) is 5.91 Å². The van der Waals surface area contributed by atoms with Crippen molar-refractivity contribution in [1.82, 2.24) is 4.98 Å². The smallest absolute Gasteiger partial charge is 0.260 e. The van der Waals surface area contributed by atoms with Gasteiger partial charge in [-0.05, 0) is 24.3 Å². The molecule has 0 saturated heterocycles. The summed E-state index contributed by atoms with van der Waals surface area (Å²) in [4.78, 5) is 16.0. The zero-order valence-corrected chi connectivity index (χ0v) is 12.2. The maximum absolute atomic E-state index is 13.6. The maximum atomic E-state index is 13.6. The summed E-state index contributed by atoms with van der Waals surface area (Å²) in [6.45, 7) is 0. The first-order valence-electron chi connectivity index (χ1n) is 5.96. The van der Waals surface area contributed by atoms with Gasteiger partial charge in [-0.25, -0.2) is 18.2 Å². The zero-order valence-electron chi connectivity index (χ0n) is 10.7. The van der Waals surface area contributed by atoms with E-state index in [1.54, 1.807) is 0 Å². The molecule has 1 amide bonds. The van der Waals surface area contributed by atoms with E-state index in [1.807, 2.05) is 0 Å². The third kappa shape index (κ3) is 2.65. The van der Waals surface area contributed by atoms with Crippen molar-refractivity contribution in [3.63, 3.8) is 0 Å². The number of nitrogens with one attached hydrogen (secondary N) is 1. The molecule has 1 N–H and O–H groups in total. The fourth-order valence-corrected chi connectivity index (χ4v) is 3.07. The Hall–Kier alpha value is -2.12. The number of fused-ring (bicyclic) bond motifs is 1. The summed E-state index contributed by atoms with van der Waals surface area (Å²) < 4.78 is 40.3. The third-order valence-electron chi connectivity index (χ3n) is 2.83. The number of thiazole rings is 1. The van der Waals surface area contributed by atoms with Crippen LogP contribution in [-0.2, 0) is 0 Å². The highest BCUT2D eigenvalue weighted by Crippen LogP contribution is 2.32. The number of carbonyl (C=O) groups excluding carboxylic acids is 1. The minimum Gasteiger partial charge on any atom is -0.298 e. The Morgan fingerprint density at radius 3 is 2.77 bits per heavy atom. The molecule has 0 saturated carbocycles. The SMILES string of the molecule is O=C(Nc1nc2c(Cl)cc(F)cc2s1)c1cccc(F)c1F. The molecule has 1 heterocycles. The molecule has 1 aromatic heterocycles. The Labute approximate surface area is 131 Å². The molecule has 0 unspecified atom stereocenters. The van der Waals surface area contributed by atoms with Crippen LogP contribution in [0.2, 0.25) is 5.02 Å². The van der Waals surface area contributed by atoms with Gasteiger partial charge < -0.3 is 0 Å². The lowest BCUT2D eigenvalue weighted by atomic mass is 10.2. The van der Waals surface area contributed by atoms with Crippen LogP contribution < -0.4 is 5.32 Å². The number of hydrogen-bond acceptors (Lipinski definition) is 3. The molecule has 0 radical (unpaired) electrons. The minimum absolute atomic E-state index is 0.101. The van der Waals surface area contributed by atoms with Gasteiger partial charge in [0, 0.05) is 0 Å². The lowest BCUT2D eigenvalue weighted by molar-refractivity contribution is 0.102. The van der Waals surface area contributed by atoms with Crippen molar-refractivity contribution in [3.8, 4) is 0 Å². The molecule has 0 bridgehead atoms. The second-order valence-corrected chi connectivity index (χ2v) is 5.75. The zero-order chi connectivity index (χ0) is 15.9. The first kappa shape index (κ1) is 14.8. The number of hydrogen-bond donors (Lipinski definition) is 1. The monoisotopic (exact) mass is 342 g/mol. The van der Waals surface area contributed by atoms with Gasteiger partial charge in [-0.1, -0.05) is 29.0 Å². The minimum atomic E-state index is -1.25. The number of nitrogens with zero attached hydrogens (tertiary/aromatic N) is 1. The van der Waals surface area contributed by atoms with Crippen molar-refractivity contribution in [2.75, 3.05) is 5.32 Å². The third-order valence-corrected chi connectivity index (χ3v) is 4.04. The standard InChI is InChI=1S/C14H6ClF3N2OS/c15-8-4-6(16)5-10-12(8)19-14(22-10)20-13(21)7-2-1-3-9(17)11(7)18/h1-5H,(H,19,20,21). The number of rotatable bonds is 2. The van der Waals surface area contributed by atoms with Crippen molar-refractivity contribution in [1.29, 1.82) is 0 Å². The van der Waals surface area contributed by atoms with E-state index < -0.39 is 28.9 Å². The quantitative estimate of drug-likeness (QED) is 0.738. The molecular formula is C14H6ClF3N2OS. The van der Waals surface area contributed by atoms with Crippen LogP contribution in [0.15, 0.2) is 30.3 Å². The van der Waals surface area contributed by atoms with Gasteiger partial charge in [-0.15, -0.1) is 0 Å². The van der Waals surface area contributed by atoms with Gasteiger partial charge in [0.05, 0.1) is 15.3 Å². The second kappa shape index (κ2) is 5.58. The van der Waals surface area contributed by atoms with Gasteiger partial charge in [0.1, 0.15) is 11.3 Å². The predicted molar refractivity (Wildman–Crippen MR) is 78.9 cm³/mol. The summed E-state index contributed by atoms with van der Waals surface area (Å²) in [6, 6.07) is 5.59. The molecular weight excluding hydrogens is 337 g/mol. The molecule has 22 heavy (non-hydrogen) atoms. The van der Waals surface area contributed by atoms with Crippen molar-refractivity contribution in [2.24, 2.45) is 0 Å². The second-order valence-electron chi connectivity index (χ2n) is 4.31. The van der Waals surface area contributed by atoms with E-state index in [0.717, 1.165) is 29.5 Å². The number of anilines is 1. The lowest BCUT2D eigenvalue weighted by Crippen LogP contribution is -2.14. The van der Waals surface area contributed by atoms with Gasteiger partial charge in [-0.2, -0.15) is 0 Å². The van der Waals surface area contributed by atoms with E-state index in [-0.39, 0.29) is 10.2 Å². The van der Waals surface area contributed by atoms with Crippen LogP contribution in [0.5, 0.6) is 0 Å². The molecule has 2 aromatic carbocycles. The molecule has 0 aliphatic rings. The highest BCUT2D eigenvalue weighted by atomic mass is 35.5. The fourth-order valence-electron chi connectivity index (χ4n) is 1.85. The first-order valence-corrected chi connectivity index (χ1v) is 7.16. The predicted octanol–water partition coefficient (Wildman–Crippen LogP) is 4.62. The Kier molecular flexibility index (Phi) is 3.76. The number of amides is 1. The van der Waals surface area contributed by atoms with E-state index >= 15 is 0 Å². The summed E-state index contributed by atoms with van der Waals surface area (Å²) in [5.41, 5.74) is -0.125. The van der Waals surface area contributed by atoms with Crippen molar-refractivity contribution >= 4 is 44.2 Å². The van der Waals surface area contributed by atoms with Crippen LogP contribution in [0.3, 0.4) is 0 Å². The number of carbonyl (C=O) groups is 1. The molecule has 8 heteroatoms. The summed E-state index contributed by atoms with van der Waals surface area (Å²) in [5, 5.41) is 2.55. The Morgan fingerprint density at radius 1 is 1.23 bits per heavy atom. The topological polar surface area (TPSA) is 42.0 Å². The van der Waals surface area contributed by atoms with Gasteiger partial charge in [0.15, 0.2) is 16.8 Å². The Balaban J connectivity index is 1.94. The molecule has 112 valence electrons. The number of halogens is 4. The van der Waals surface area contributed by atoms with Crippen LogP contribution in [-0.4, -0.2) is 10.9 Å². The van der Waals surface area contributed by atoms with E-state index in [2.05, 4.69) is 10.3 Å². The molecule has 0 aliphatic heterocycles. The van der Waals surface area contributed by atoms with Gasteiger partial charge >= 0.3 is 0 Å². The van der Waals surface area contributed by atoms with E-state index in [1.165, 1.54) is 12.1 Å². The van der Waals surface area contributed by atoms with E-state index in [0.29, 0.717) is 10.2 Å². The van der Waals surface area contributed by atoms with Crippen LogP contribution in [0.1, 0.15) is 10.4 Å². The molecule has 3 rings (SSSR count). The fraction of sp³-hybridized carbons (Fsp3) is 0. The van der Waals surface area contributed by atoms with Crippen molar-refractivity contribution in [2.45, 2.75) is 0 Å². The first-order chi connectivity index (χ1) is 10.5. The average Bonchev–Trinajstić information content (AvgIpc) is 2.84. The largest absolute Gasteiger partial charge is 0.298 e. The molecule has 0 spiro atoms. The van der Waals surface area contributed by atoms with Crippen LogP contribution in [0, 0.1) is 17.5 Å². The van der Waals surface area contributed by atoms with Crippen LogP contribution in [0.25, 0.3) is 10.2 Å². The van der Waals surface area contributed by atoms with Crippen LogP contribution >= 0.6 is 22.9 Å². The lowest BCUT2D eigenvalue weighted by Gasteiger charge is -2.03. The van der Waals surface area contributed by atoms with Crippen molar-refractivity contribution < 1.29 is 18.0 Å². The van der Waals surface area contributed by atoms with Gasteiger partial charge in [-0.3, -0.25) is 10.1 Å². The summed E-state index contributed by atoms with van der Waals surface area (Å²) in [6.07, 6.45) is 0. The molecule has 0 aliphatic carbocycles. The number of aromatic nitrogens is 1.